The zero-order chi connectivity index (χ0) is 17.8. The molecular formula is C20H30N4O2. The lowest BCUT2D eigenvalue weighted by atomic mass is 9.65. The summed E-state index contributed by atoms with van der Waals surface area (Å²) in [5.74, 6) is 0.711. The fourth-order valence-electron chi connectivity index (χ4n) is 4.90. The van der Waals surface area contributed by atoms with Crippen LogP contribution in [0.3, 0.4) is 0 Å². The number of piperidine rings is 1. The Bertz CT molecular complexity index is 629. The molecule has 1 aromatic heterocycles. The highest BCUT2D eigenvalue weighted by Gasteiger charge is 2.48. The summed E-state index contributed by atoms with van der Waals surface area (Å²) in [6, 6.07) is 0.544. The fourth-order valence-corrected chi connectivity index (χ4v) is 4.90. The van der Waals surface area contributed by atoms with Crippen molar-refractivity contribution in [2.75, 3.05) is 44.8 Å². The van der Waals surface area contributed by atoms with Gasteiger partial charge in [0.2, 0.25) is 5.95 Å². The van der Waals surface area contributed by atoms with Crippen LogP contribution in [0.1, 0.15) is 38.2 Å². The summed E-state index contributed by atoms with van der Waals surface area (Å²) < 4.78 is 11.6. The molecule has 0 radical (unpaired) electrons. The molecule has 4 rings (SSSR count). The standard InChI is InChI=1S/C20H30N4O2/c1-2-21-19-22-12-16(13-23-19)14-24-8-3-7-20(15-26-11-6-18(20)24)17-4-9-25-10-5-17/h4,12-13,18H,2-3,5-11,14-15H2,1H3,(H,21,22,23)/t18-,20-/m0/s1. The predicted octanol–water partition coefficient (Wildman–Crippen LogP) is 2.63. The second-order valence-electron chi connectivity index (χ2n) is 7.59. The van der Waals surface area contributed by atoms with Crippen molar-refractivity contribution in [3.05, 3.63) is 29.6 Å². The molecule has 3 aliphatic rings. The van der Waals surface area contributed by atoms with E-state index in [0.717, 1.165) is 58.9 Å². The van der Waals surface area contributed by atoms with E-state index in [0.29, 0.717) is 12.0 Å². The number of nitrogens with one attached hydrogen (secondary N) is 1. The number of nitrogens with zero attached hydrogens (tertiary/aromatic N) is 3. The Morgan fingerprint density at radius 1 is 1.27 bits per heavy atom. The summed E-state index contributed by atoms with van der Waals surface area (Å²) in [5, 5.41) is 3.16. The van der Waals surface area contributed by atoms with Gasteiger partial charge in [-0.05, 0) is 39.2 Å². The zero-order valence-electron chi connectivity index (χ0n) is 15.7. The highest BCUT2D eigenvalue weighted by molar-refractivity contribution is 5.25. The lowest BCUT2D eigenvalue weighted by Crippen LogP contribution is -2.57. The number of ether oxygens (including phenoxy) is 2. The summed E-state index contributed by atoms with van der Waals surface area (Å²) in [6.07, 6.45) is 10.9. The molecular weight excluding hydrogens is 328 g/mol. The minimum Gasteiger partial charge on any atom is -0.380 e. The van der Waals surface area contributed by atoms with E-state index in [4.69, 9.17) is 9.47 Å². The second kappa shape index (κ2) is 8.03. The lowest BCUT2D eigenvalue weighted by molar-refractivity contribution is -0.0874. The van der Waals surface area contributed by atoms with Gasteiger partial charge in [-0.3, -0.25) is 4.90 Å². The minimum atomic E-state index is 0.171. The molecule has 2 fully saturated rings. The first kappa shape index (κ1) is 17.9. The molecule has 1 aromatic rings. The van der Waals surface area contributed by atoms with Gasteiger partial charge in [-0.2, -0.15) is 0 Å². The molecule has 26 heavy (non-hydrogen) atoms. The first-order valence-corrected chi connectivity index (χ1v) is 9.96. The Balaban J connectivity index is 1.53. The Kier molecular flexibility index (Phi) is 5.52. The Hall–Kier alpha value is -1.50. The number of likely N-dealkylation sites (tertiary alicyclic amines) is 1. The van der Waals surface area contributed by atoms with Crippen LogP contribution >= 0.6 is 0 Å². The van der Waals surface area contributed by atoms with E-state index >= 15 is 0 Å². The molecule has 2 atom stereocenters. The molecule has 0 aliphatic carbocycles. The molecule has 2 saturated heterocycles. The van der Waals surface area contributed by atoms with Crippen molar-refractivity contribution in [1.82, 2.24) is 14.9 Å². The highest BCUT2D eigenvalue weighted by atomic mass is 16.5. The summed E-state index contributed by atoms with van der Waals surface area (Å²) in [5.41, 5.74) is 2.93. The van der Waals surface area contributed by atoms with Crippen molar-refractivity contribution < 1.29 is 9.47 Å². The Labute approximate surface area is 156 Å². The van der Waals surface area contributed by atoms with Crippen molar-refractivity contribution in [2.24, 2.45) is 5.41 Å². The summed E-state index contributed by atoms with van der Waals surface area (Å²) in [6.45, 7) is 8.28. The van der Waals surface area contributed by atoms with Crippen molar-refractivity contribution in [1.29, 1.82) is 0 Å². The number of anilines is 1. The van der Waals surface area contributed by atoms with Crippen LogP contribution in [0.5, 0.6) is 0 Å². The van der Waals surface area contributed by atoms with Crippen molar-refractivity contribution >= 4 is 5.95 Å². The van der Waals surface area contributed by atoms with Gasteiger partial charge in [0, 0.05) is 49.1 Å². The molecule has 0 amide bonds. The van der Waals surface area contributed by atoms with Gasteiger partial charge in [-0.15, -0.1) is 0 Å². The van der Waals surface area contributed by atoms with Gasteiger partial charge in [0.15, 0.2) is 0 Å². The molecule has 6 nitrogen and oxygen atoms in total. The third-order valence-corrected chi connectivity index (χ3v) is 6.07. The van der Waals surface area contributed by atoms with E-state index in [9.17, 15) is 0 Å². The van der Waals surface area contributed by atoms with Gasteiger partial charge >= 0.3 is 0 Å². The first-order chi connectivity index (χ1) is 12.8. The molecule has 142 valence electrons. The Morgan fingerprint density at radius 2 is 2.15 bits per heavy atom. The maximum absolute atomic E-state index is 6.00. The van der Waals surface area contributed by atoms with E-state index in [2.05, 4.69) is 33.2 Å². The van der Waals surface area contributed by atoms with Crippen LogP contribution in [-0.4, -0.2) is 60.4 Å². The van der Waals surface area contributed by atoms with E-state index in [1.807, 2.05) is 12.4 Å². The number of aromatic nitrogens is 2. The summed E-state index contributed by atoms with van der Waals surface area (Å²) >= 11 is 0. The van der Waals surface area contributed by atoms with Crippen LogP contribution in [0.15, 0.2) is 24.0 Å². The first-order valence-electron chi connectivity index (χ1n) is 9.96. The normalized spacial score (nSPS) is 29.7. The molecule has 0 bridgehead atoms. The number of rotatable bonds is 5. The second-order valence-corrected chi connectivity index (χ2v) is 7.59. The third-order valence-electron chi connectivity index (χ3n) is 6.07. The van der Waals surface area contributed by atoms with E-state index < -0.39 is 0 Å². The molecule has 0 saturated carbocycles. The smallest absolute Gasteiger partial charge is 0.222 e. The average Bonchev–Trinajstić information content (AvgIpc) is 2.70. The summed E-state index contributed by atoms with van der Waals surface area (Å²) in [4.78, 5) is 11.5. The minimum absolute atomic E-state index is 0.171. The maximum Gasteiger partial charge on any atom is 0.222 e. The van der Waals surface area contributed by atoms with E-state index in [-0.39, 0.29) is 5.41 Å². The van der Waals surface area contributed by atoms with E-state index in [1.54, 1.807) is 5.57 Å². The molecule has 1 N–H and O–H groups in total. The van der Waals surface area contributed by atoms with Gasteiger partial charge < -0.3 is 14.8 Å². The van der Waals surface area contributed by atoms with Crippen LogP contribution in [0.25, 0.3) is 0 Å². The fraction of sp³-hybridized carbons (Fsp3) is 0.700. The molecule has 0 spiro atoms. The monoisotopic (exact) mass is 358 g/mol. The van der Waals surface area contributed by atoms with Crippen molar-refractivity contribution in [3.63, 3.8) is 0 Å². The van der Waals surface area contributed by atoms with Crippen LogP contribution in [-0.2, 0) is 16.0 Å². The number of fused-ring (bicyclic) bond motifs is 1. The highest BCUT2D eigenvalue weighted by Crippen LogP contribution is 2.48. The van der Waals surface area contributed by atoms with Crippen LogP contribution in [0.2, 0.25) is 0 Å². The van der Waals surface area contributed by atoms with Gasteiger partial charge in [-0.25, -0.2) is 9.97 Å². The Morgan fingerprint density at radius 3 is 2.92 bits per heavy atom. The topological polar surface area (TPSA) is 59.5 Å². The quantitative estimate of drug-likeness (QED) is 0.817. The zero-order valence-corrected chi connectivity index (χ0v) is 15.7. The van der Waals surface area contributed by atoms with Crippen LogP contribution in [0, 0.1) is 5.41 Å². The van der Waals surface area contributed by atoms with Gasteiger partial charge in [0.05, 0.1) is 19.8 Å². The number of hydrogen-bond acceptors (Lipinski definition) is 6. The van der Waals surface area contributed by atoms with Crippen LogP contribution < -0.4 is 5.32 Å². The molecule has 0 unspecified atom stereocenters. The van der Waals surface area contributed by atoms with Crippen molar-refractivity contribution in [2.45, 2.75) is 45.2 Å². The molecule has 6 heteroatoms. The van der Waals surface area contributed by atoms with Crippen molar-refractivity contribution in [3.8, 4) is 0 Å². The molecule has 3 aliphatic heterocycles. The number of hydrogen-bond donors (Lipinski definition) is 1. The van der Waals surface area contributed by atoms with Gasteiger partial charge in [0.1, 0.15) is 0 Å². The predicted molar refractivity (Wildman–Crippen MR) is 101 cm³/mol. The van der Waals surface area contributed by atoms with Gasteiger partial charge in [0.25, 0.3) is 0 Å². The third kappa shape index (κ3) is 3.50. The average molecular weight is 358 g/mol. The molecule has 0 aromatic carbocycles. The maximum atomic E-state index is 6.00. The lowest BCUT2D eigenvalue weighted by Gasteiger charge is -2.54. The van der Waals surface area contributed by atoms with Gasteiger partial charge in [-0.1, -0.05) is 11.6 Å². The molecule has 4 heterocycles. The summed E-state index contributed by atoms with van der Waals surface area (Å²) in [7, 11) is 0. The largest absolute Gasteiger partial charge is 0.380 e. The van der Waals surface area contributed by atoms with E-state index in [1.165, 1.54) is 18.4 Å². The SMILES string of the molecule is CCNc1ncc(CN2CCC[C@@]3(C4=CCOCC4)COCC[C@H]23)cn1. The van der Waals surface area contributed by atoms with Crippen LogP contribution in [0.4, 0.5) is 5.95 Å².